The molecule has 2 aromatic carbocycles. The number of nitrogens with one attached hydrogen (secondary N) is 2. The van der Waals surface area contributed by atoms with Gasteiger partial charge in [-0.3, -0.25) is 19.4 Å². The van der Waals surface area contributed by atoms with Crippen molar-refractivity contribution in [1.82, 2.24) is 15.2 Å². The van der Waals surface area contributed by atoms with E-state index in [1.54, 1.807) is 12.1 Å². The quantitative estimate of drug-likeness (QED) is 0.529. The topological polar surface area (TPSA) is 101 Å². The van der Waals surface area contributed by atoms with Gasteiger partial charge in [-0.2, -0.15) is 0 Å². The average molecular weight is 467 g/mol. The first-order valence-electron chi connectivity index (χ1n) is 10.7. The number of hydrogen-bond acceptors (Lipinski definition) is 6. The molecular weight excluding hydrogens is 440 g/mol. The number of anilines is 1. The summed E-state index contributed by atoms with van der Waals surface area (Å²) in [6.45, 7) is 3.42. The third-order valence-electron chi connectivity index (χ3n) is 5.32. The Hall–Kier alpha value is -3.27. The van der Waals surface area contributed by atoms with Gasteiger partial charge in [0.1, 0.15) is 0 Å². The Morgan fingerprint density at radius 1 is 1.03 bits per heavy atom. The van der Waals surface area contributed by atoms with E-state index in [0.29, 0.717) is 24.4 Å². The van der Waals surface area contributed by atoms with Gasteiger partial charge in [0, 0.05) is 44.1 Å². The first-order chi connectivity index (χ1) is 16.0. The maximum Gasteiger partial charge on any atom is 0.261 e. The van der Waals surface area contributed by atoms with Crippen LogP contribution in [0.5, 0.6) is 0 Å². The van der Waals surface area contributed by atoms with E-state index in [4.69, 9.17) is 4.74 Å². The summed E-state index contributed by atoms with van der Waals surface area (Å²) in [6.07, 6.45) is 2.90. The molecule has 1 aliphatic heterocycles. The molecule has 33 heavy (non-hydrogen) atoms. The highest BCUT2D eigenvalue weighted by Gasteiger charge is 2.21. The van der Waals surface area contributed by atoms with Gasteiger partial charge < -0.3 is 10.1 Å². The van der Waals surface area contributed by atoms with Gasteiger partial charge in [0.05, 0.1) is 23.3 Å². The summed E-state index contributed by atoms with van der Waals surface area (Å²) in [6, 6.07) is 19.2. The van der Waals surface area contributed by atoms with E-state index in [1.807, 2.05) is 18.2 Å². The molecule has 9 heteroatoms. The second-order valence-electron chi connectivity index (χ2n) is 7.79. The van der Waals surface area contributed by atoms with E-state index < -0.39 is 10.0 Å². The fraction of sp³-hybridized carbons (Fsp3) is 0.250. The lowest BCUT2D eigenvalue weighted by atomic mass is 10.2. The van der Waals surface area contributed by atoms with Crippen molar-refractivity contribution in [3.63, 3.8) is 0 Å². The fourth-order valence-electron chi connectivity index (χ4n) is 3.62. The number of amides is 1. The van der Waals surface area contributed by atoms with Crippen molar-refractivity contribution in [2.75, 3.05) is 31.0 Å². The van der Waals surface area contributed by atoms with Crippen LogP contribution in [0.3, 0.4) is 0 Å². The van der Waals surface area contributed by atoms with E-state index in [9.17, 15) is 13.2 Å². The largest absolute Gasteiger partial charge is 0.374 e. The highest BCUT2D eigenvalue weighted by molar-refractivity contribution is 7.92. The summed E-state index contributed by atoms with van der Waals surface area (Å²) in [4.78, 5) is 18.8. The normalized spacial score (nSPS) is 16.8. The predicted molar refractivity (Wildman–Crippen MR) is 125 cm³/mol. The average Bonchev–Trinajstić information content (AvgIpc) is 2.84. The number of carbonyl (C=O) groups excluding carboxylic acids is 1. The molecule has 1 saturated heterocycles. The molecule has 0 spiro atoms. The highest BCUT2D eigenvalue weighted by atomic mass is 32.2. The lowest BCUT2D eigenvalue weighted by molar-refractivity contribution is -0.0292. The lowest BCUT2D eigenvalue weighted by Gasteiger charge is -2.33. The van der Waals surface area contributed by atoms with Gasteiger partial charge in [-0.05, 0) is 42.0 Å². The fourth-order valence-corrected chi connectivity index (χ4v) is 4.68. The standard InChI is InChI=1S/C24H26N4O4S/c29-24(26-16-22-18-28(14-15-32-22)17-19-4-2-1-3-5-19)20-6-8-23(9-7-20)33(30,31)27-21-10-12-25-13-11-21/h1-13,22H,14-18H2,(H,25,27)(H,26,29). The monoisotopic (exact) mass is 466 g/mol. The number of ether oxygens (including phenoxy) is 1. The molecule has 0 radical (unpaired) electrons. The van der Waals surface area contributed by atoms with Gasteiger partial charge >= 0.3 is 0 Å². The van der Waals surface area contributed by atoms with E-state index in [-0.39, 0.29) is 16.9 Å². The maximum absolute atomic E-state index is 12.6. The van der Waals surface area contributed by atoms with Crippen LogP contribution in [0.25, 0.3) is 0 Å². The second kappa shape index (κ2) is 10.6. The van der Waals surface area contributed by atoms with Gasteiger partial charge in [-0.25, -0.2) is 8.42 Å². The molecule has 1 unspecified atom stereocenters. The van der Waals surface area contributed by atoms with Crippen molar-refractivity contribution in [2.45, 2.75) is 17.5 Å². The van der Waals surface area contributed by atoms with Crippen LogP contribution >= 0.6 is 0 Å². The molecule has 2 N–H and O–H groups in total. The van der Waals surface area contributed by atoms with Crippen molar-refractivity contribution in [3.05, 3.63) is 90.3 Å². The van der Waals surface area contributed by atoms with Crippen molar-refractivity contribution in [3.8, 4) is 0 Å². The molecule has 4 rings (SSSR count). The van der Waals surface area contributed by atoms with Crippen LogP contribution in [0.4, 0.5) is 5.69 Å². The zero-order chi connectivity index (χ0) is 23.1. The molecule has 8 nitrogen and oxygen atoms in total. The van der Waals surface area contributed by atoms with Crippen molar-refractivity contribution in [2.24, 2.45) is 0 Å². The number of rotatable bonds is 8. The van der Waals surface area contributed by atoms with Gasteiger partial charge in [0.25, 0.3) is 15.9 Å². The number of pyridine rings is 1. The van der Waals surface area contributed by atoms with Crippen molar-refractivity contribution < 1.29 is 17.9 Å². The molecule has 1 aromatic heterocycles. The molecular formula is C24H26N4O4S. The Balaban J connectivity index is 1.29. The SMILES string of the molecule is O=C(NCC1CN(Cc2ccccc2)CCO1)c1ccc(S(=O)(=O)Nc2ccncc2)cc1. The number of morpholine rings is 1. The number of aromatic nitrogens is 1. The van der Waals surface area contributed by atoms with Gasteiger partial charge in [-0.15, -0.1) is 0 Å². The molecule has 1 amide bonds. The summed E-state index contributed by atoms with van der Waals surface area (Å²) in [5, 5.41) is 2.89. The third kappa shape index (κ3) is 6.38. The molecule has 0 aliphatic carbocycles. The van der Waals surface area contributed by atoms with Crippen LogP contribution in [0.2, 0.25) is 0 Å². The maximum atomic E-state index is 12.6. The zero-order valence-electron chi connectivity index (χ0n) is 18.1. The smallest absolute Gasteiger partial charge is 0.261 e. The van der Waals surface area contributed by atoms with Crippen LogP contribution in [-0.4, -0.2) is 56.6 Å². The molecule has 0 bridgehead atoms. The minimum Gasteiger partial charge on any atom is -0.374 e. The minimum atomic E-state index is -3.75. The molecule has 2 heterocycles. The predicted octanol–water partition coefficient (Wildman–Crippen LogP) is 2.51. The van der Waals surface area contributed by atoms with E-state index in [2.05, 4.69) is 32.1 Å². The first-order valence-corrected chi connectivity index (χ1v) is 12.2. The van der Waals surface area contributed by atoms with Crippen molar-refractivity contribution in [1.29, 1.82) is 0 Å². The van der Waals surface area contributed by atoms with E-state index >= 15 is 0 Å². The van der Waals surface area contributed by atoms with Crippen LogP contribution in [0, 0.1) is 0 Å². The number of sulfonamides is 1. The molecule has 0 saturated carbocycles. The molecule has 172 valence electrons. The zero-order valence-corrected chi connectivity index (χ0v) is 18.9. The Bertz CT molecular complexity index is 1160. The van der Waals surface area contributed by atoms with Crippen molar-refractivity contribution >= 4 is 21.6 Å². The van der Waals surface area contributed by atoms with E-state index in [0.717, 1.165) is 19.6 Å². The molecule has 1 atom stereocenters. The minimum absolute atomic E-state index is 0.0722. The van der Waals surface area contributed by atoms with Crippen LogP contribution in [0.1, 0.15) is 15.9 Å². The first kappa shape index (κ1) is 22.9. The third-order valence-corrected chi connectivity index (χ3v) is 6.72. The summed E-state index contributed by atoms with van der Waals surface area (Å²) in [5.74, 6) is -0.273. The molecule has 3 aromatic rings. The summed E-state index contributed by atoms with van der Waals surface area (Å²) in [7, 11) is -3.75. The Kier molecular flexibility index (Phi) is 7.33. The van der Waals surface area contributed by atoms with Crippen LogP contribution in [0.15, 0.2) is 84.0 Å². The van der Waals surface area contributed by atoms with Crippen LogP contribution < -0.4 is 10.0 Å². The summed E-state index contributed by atoms with van der Waals surface area (Å²) in [5.41, 5.74) is 2.05. The lowest BCUT2D eigenvalue weighted by Crippen LogP contribution is -2.47. The molecule has 1 fully saturated rings. The highest BCUT2D eigenvalue weighted by Crippen LogP contribution is 2.16. The van der Waals surface area contributed by atoms with Gasteiger partial charge in [0.15, 0.2) is 0 Å². The number of nitrogens with zero attached hydrogens (tertiary/aromatic N) is 2. The van der Waals surface area contributed by atoms with Gasteiger partial charge in [0.2, 0.25) is 0 Å². The number of hydrogen-bond donors (Lipinski definition) is 2. The summed E-state index contributed by atoms with van der Waals surface area (Å²) < 4.78 is 33.3. The van der Waals surface area contributed by atoms with Crippen LogP contribution in [-0.2, 0) is 21.3 Å². The van der Waals surface area contributed by atoms with Gasteiger partial charge in [-0.1, -0.05) is 30.3 Å². The Morgan fingerprint density at radius 2 is 1.76 bits per heavy atom. The number of carbonyl (C=O) groups is 1. The second-order valence-corrected chi connectivity index (χ2v) is 9.47. The summed E-state index contributed by atoms with van der Waals surface area (Å²) >= 11 is 0. The Morgan fingerprint density at radius 3 is 2.48 bits per heavy atom. The van der Waals surface area contributed by atoms with E-state index in [1.165, 1.54) is 42.2 Å². The molecule has 1 aliphatic rings. The Labute approximate surface area is 193 Å². The number of benzene rings is 2.